The smallest absolute Gasteiger partial charge is 0.230 e. The number of nitrogens with zero attached hydrogens (tertiary/aromatic N) is 1. The molecular formula is C23H27ClN2O3. The highest BCUT2D eigenvalue weighted by Crippen LogP contribution is 2.52. The van der Waals surface area contributed by atoms with Crippen molar-refractivity contribution in [3.63, 3.8) is 0 Å². The molecule has 4 unspecified atom stereocenters. The van der Waals surface area contributed by atoms with Crippen LogP contribution in [0.2, 0.25) is 5.02 Å². The zero-order valence-corrected chi connectivity index (χ0v) is 17.4. The van der Waals surface area contributed by atoms with E-state index in [2.05, 4.69) is 12.2 Å². The Hall–Kier alpha value is -1.85. The lowest BCUT2D eigenvalue weighted by atomic mass is 9.76. The highest BCUT2D eigenvalue weighted by Gasteiger charge is 2.66. The van der Waals surface area contributed by atoms with E-state index in [9.17, 15) is 9.59 Å². The van der Waals surface area contributed by atoms with Crippen LogP contribution in [0.5, 0.6) is 0 Å². The molecule has 2 amide bonds. The number of amides is 2. The molecule has 1 aliphatic carbocycles. The number of ether oxygens (including phenoxy) is 1. The lowest BCUT2D eigenvalue weighted by Gasteiger charge is -2.30. The predicted octanol–water partition coefficient (Wildman–Crippen LogP) is 3.32. The number of rotatable bonds is 4. The van der Waals surface area contributed by atoms with Gasteiger partial charge < -0.3 is 15.0 Å². The van der Waals surface area contributed by atoms with Crippen LogP contribution >= 0.6 is 11.6 Å². The zero-order chi connectivity index (χ0) is 20.2. The van der Waals surface area contributed by atoms with Crippen LogP contribution in [-0.4, -0.2) is 41.0 Å². The van der Waals surface area contributed by atoms with E-state index in [1.165, 1.54) is 0 Å². The number of carbonyl (C=O) groups excluding carboxylic acids is 2. The quantitative estimate of drug-likeness (QED) is 0.769. The number of nitrogens with one attached hydrogen (secondary N) is 1. The second-order valence-corrected chi connectivity index (χ2v) is 9.56. The maximum atomic E-state index is 13.3. The molecule has 1 aromatic carbocycles. The maximum Gasteiger partial charge on any atom is 0.230 e. The van der Waals surface area contributed by atoms with Gasteiger partial charge in [-0.05, 0) is 43.2 Å². The number of fused-ring (bicyclic) bond motifs is 1. The van der Waals surface area contributed by atoms with Crippen LogP contribution in [0.15, 0.2) is 36.4 Å². The van der Waals surface area contributed by atoms with Crippen molar-refractivity contribution < 1.29 is 14.3 Å². The van der Waals surface area contributed by atoms with E-state index in [0.29, 0.717) is 18.1 Å². The molecule has 3 heterocycles. The van der Waals surface area contributed by atoms with Crippen LogP contribution in [0.1, 0.15) is 38.2 Å². The molecule has 3 fully saturated rings. The van der Waals surface area contributed by atoms with Crippen LogP contribution in [0.25, 0.3) is 0 Å². The summed E-state index contributed by atoms with van der Waals surface area (Å²) in [5.74, 6) is -0.187. The van der Waals surface area contributed by atoms with Gasteiger partial charge >= 0.3 is 0 Å². The van der Waals surface area contributed by atoms with Gasteiger partial charge in [-0.2, -0.15) is 0 Å². The Kier molecular flexibility index (Phi) is 4.71. The molecule has 4 atom stereocenters. The van der Waals surface area contributed by atoms with Gasteiger partial charge in [0.05, 0.1) is 24.5 Å². The molecule has 6 heteroatoms. The maximum absolute atomic E-state index is 13.3. The van der Waals surface area contributed by atoms with Gasteiger partial charge in [-0.3, -0.25) is 9.59 Å². The van der Waals surface area contributed by atoms with E-state index >= 15 is 0 Å². The van der Waals surface area contributed by atoms with Crippen LogP contribution in [0.3, 0.4) is 0 Å². The lowest BCUT2D eigenvalue weighted by molar-refractivity contribution is -0.138. The average Bonchev–Trinajstić information content (AvgIpc) is 3.34. The minimum atomic E-state index is -0.675. The summed E-state index contributed by atoms with van der Waals surface area (Å²) in [4.78, 5) is 28.3. The third kappa shape index (κ3) is 3.19. The topological polar surface area (TPSA) is 58.6 Å². The Labute approximate surface area is 176 Å². The van der Waals surface area contributed by atoms with Crippen molar-refractivity contribution in [1.82, 2.24) is 10.2 Å². The fourth-order valence-corrected chi connectivity index (χ4v) is 5.74. The van der Waals surface area contributed by atoms with E-state index in [1.807, 2.05) is 36.4 Å². The first-order chi connectivity index (χ1) is 14.0. The fourth-order valence-electron chi connectivity index (χ4n) is 5.55. The number of halogens is 1. The molecule has 0 aromatic heterocycles. The Morgan fingerprint density at radius 1 is 1.28 bits per heavy atom. The molecule has 1 aromatic rings. The van der Waals surface area contributed by atoms with Crippen molar-refractivity contribution in [3.05, 3.63) is 47.0 Å². The molecule has 29 heavy (non-hydrogen) atoms. The van der Waals surface area contributed by atoms with Gasteiger partial charge in [-0.15, -0.1) is 0 Å². The first kappa shape index (κ1) is 19.1. The van der Waals surface area contributed by atoms with Crippen molar-refractivity contribution in [1.29, 1.82) is 0 Å². The third-order valence-corrected chi connectivity index (χ3v) is 7.53. The van der Waals surface area contributed by atoms with Gasteiger partial charge in [-0.25, -0.2) is 0 Å². The summed E-state index contributed by atoms with van der Waals surface area (Å²) in [5, 5.41) is 3.87. The normalized spacial score (nSPS) is 37.8. The van der Waals surface area contributed by atoms with Gasteiger partial charge in [0.2, 0.25) is 11.8 Å². The van der Waals surface area contributed by atoms with E-state index in [-0.39, 0.29) is 24.0 Å². The number of hydrogen-bond donors (Lipinski definition) is 1. The minimum Gasteiger partial charge on any atom is -0.360 e. The Bertz CT molecular complexity index is 863. The third-order valence-electron chi connectivity index (χ3n) is 7.16. The zero-order valence-electron chi connectivity index (χ0n) is 16.6. The summed E-state index contributed by atoms with van der Waals surface area (Å²) in [6.07, 6.45) is 8.00. The van der Waals surface area contributed by atoms with Gasteiger partial charge in [0.1, 0.15) is 5.60 Å². The monoisotopic (exact) mass is 414 g/mol. The molecule has 2 bridgehead atoms. The molecule has 3 aliphatic heterocycles. The molecule has 2 saturated heterocycles. The van der Waals surface area contributed by atoms with E-state index < -0.39 is 17.4 Å². The van der Waals surface area contributed by atoms with Crippen molar-refractivity contribution in [3.8, 4) is 0 Å². The van der Waals surface area contributed by atoms with Crippen LogP contribution < -0.4 is 5.32 Å². The van der Waals surface area contributed by atoms with Crippen molar-refractivity contribution in [2.24, 2.45) is 17.8 Å². The molecule has 1 N–H and O–H groups in total. The summed E-state index contributed by atoms with van der Waals surface area (Å²) >= 11 is 6.30. The van der Waals surface area contributed by atoms with Gasteiger partial charge in [0.25, 0.3) is 0 Å². The van der Waals surface area contributed by atoms with Crippen molar-refractivity contribution in [2.75, 3.05) is 6.54 Å². The Morgan fingerprint density at radius 2 is 2.03 bits per heavy atom. The van der Waals surface area contributed by atoms with Crippen LogP contribution in [0, 0.1) is 17.8 Å². The van der Waals surface area contributed by atoms with Crippen LogP contribution in [-0.2, 0) is 20.9 Å². The number of benzene rings is 1. The van der Waals surface area contributed by atoms with Crippen molar-refractivity contribution in [2.45, 2.75) is 56.9 Å². The molecule has 0 radical (unpaired) electrons. The Balaban J connectivity index is 1.33. The van der Waals surface area contributed by atoms with Gasteiger partial charge in [-0.1, -0.05) is 48.9 Å². The SMILES string of the molecule is CC1CCC(NC(=O)C2C3C=CC4(CN(Cc5ccccc5Cl)C(=O)C24)O3)CC1. The summed E-state index contributed by atoms with van der Waals surface area (Å²) in [5.41, 5.74) is 0.237. The molecular weight excluding hydrogens is 388 g/mol. The first-order valence-corrected chi connectivity index (χ1v) is 11.0. The lowest BCUT2D eigenvalue weighted by Crippen LogP contribution is -2.47. The van der Waals surface area contributed by atoms with E-state index in [1.54, 1.807) is 4.90 Å². The Morgan fingerprint density at radius 3 is 2.79 bits per heavy atom. The summed E-state index contributed by atoms with van der Waals surface area (Å²) < 4.78 is 6.22. The molecule has 1 spiro atoms. The van der Waals surface area contributed by atoms with E-state index in [0.717, 1.165) is 37.2 Å². The largest absolute Gasteiger partial charge is 0.360 e. The second kappa shape index (κ2) is 7.13. The van der Waals surface area contributed by atoms with E-state index in [4.69, 9.17) is 16.3 Å². The number of carbonyl (C=O) groups is 2. The summed E-state index contributed by atoms with van der Waals surface area (Å²) in [6.45, 7) is 3.17. The predicted molar refractivity (Wildman–Crippen MR) is 110 cm³/mol. The molecule has 4 aliphatic rings. The minimum absolute atomic E-state index is 0.00538. The second-order valence-electron chi connectivity index (χ2n) is 9.15. The number of likely N-dealkylation sites (tertiary alicyclic amines) is 1. The molecule has 5 nitrogen and oxygen atoms in total. The highest BCUT2D eigenvalue weighted by atomic mass is 35.5. The van der Waals surface area contributed by atoms with Crippen LogP contribution in [0.4, 0.5) is 0 Å². The summed E-state index contributed by atoms with van der Waals surface area (Å²) in [7, 11) is 0. The molecule has 5 rings (SSSR count). The van der Waals surface area contributed by atoms with Gasteiger partial charge in [0.15, 0.2) is 0 Å². The fraction of sp³-hybridized carbons (Fsp3) is 0.565. The van der Waals surface area contributed by atoms with Gasteiger partial charge in [0, 0.05) is 17.6 Å². The molecule has 1 saturated carbocycles. The highest BCUT2D eigenvalue weighted by molar-refractivity contribution is 6.31. The molecule has 154 valence electrons. The summed E-state index contributed by atoms with van der Waals surface area (Å²) in [6, 6.07) is 7.78. The standard InChI is InChI=1S/C23H27ClN2O3/c1-14-6-8-16(9-7-14)25-21(27)19-18-10-11-23(29-18)13-26(22(28)20(19)23)12-15-4-2-3-5-17(15)24/h2-5,10-11,14,16,18-20H,6-9,12-13H2,1H3,(H,25,27). The van der Waals surface area contributed by atoms with Crippen molar-refractivity contribution >= 4 is 23.4 Å². The average molecular weight is 415 g/mol. The number of hydrogen-bond acceptors (Lipinski definition) is 3. The first-order valence-electron chi connectivity index (χ1n) is 10.7.